The minimum atomic E-state index is -0.0428. The Kier molecular flexibility index (Phi) is 9.58. The van der Waals surface area contributed by atoms with E-state index >= 15 is 0 Å². The van der Waals surface area contributed by atoms with E-state index in [0.717, 1.165) is 52.1 Å². The number of carbonyl (C=O) groups excluding carboxylic acids is 1. The number of methoxy groups -OCH3 is 1. The van der Waals surface area contributed by atoms with Gasteiger partial charge in [0.1, 0.15) is 0 Å². The van der Waals surface area contributed by atoms with Crippen LogP contribution in [-0.2, 0) is 9.53 Å². The fraction of sp³-hybridized carbons (Fsp3) is 0.933. The standard InChI is InChI=1S/C15H32N4O2/c1-14(15(20)17-7-5-13-21-2)19-11-9-18(10-12-19)8-4-3-6-16/h14H,3-13,16H2,1-2H3,(H,17,20). The zero-order chi connectivity index (χ0) is 15.5. The molecule has 1 aliphatic rings. The molecule has 0 spiro atoms. The van der Waals surface area contributed by atoms with Crippen molar-refractivity contribution in [2.45, 2.75) is 32.2 Å². The minimum Gasteiger partial charge on any atom is -0.385 e. The lowest BCUT2D eigenvalue weighted by atomic mass is 10.2. The van der Waals surface area contributed by atoms with Crippen LogP contribution in [0.25, 0.3) is 0 Å². The highest BCUT2D eigenvalue weighted by Crippen LogP contribution is 2.07. The Morgan fingerprint density at radius 3 is 2.57 bits per heavy atom. The third-order valence-electron chi connectivity index (χ3n) is 4.09. The van der Waals surface area contributed by atoms with E-state index < -0.39 is 0 Å². The zero-order valence-electron chi connectivity index (χ0n) is 13.6. The molecule has 6 nitrogen and oxygen atoms in total. The summed E-state index contributed by atoms with van der Waals surface area (Å²) in [6, 6.07) is -0.0428. The lowest BCUT2D eigenvalue weighted by Crippen LogP contribution is -2.54. The fourth-order valence-electron chi connectivity index (χ4n) is 2.60. The number of nitrogens with two attached hydrogens (primary N) is 1. The number of nitrogens with one attached hydrogen (secondary N) is 1. The Labute approximate surface area is 129 Å². The number of hydrogen-bond donors (Lipinski definition) is 2. The van der Waals surface area contributed by atoms with E-state index in [1.54, 1.807) is 7.11 Å². The highest BCUT2D eigenvalue weighted by atomic mass is 16.5. The zero-order valence-corrected chi connectivity index (χ0v) is 13.6. The molecule has 124 valence electrons. The molecule has 0 saturated carbocycles. The third kappa shape index (κ3) is 7.22. The van der Waals surface area contributed by atoms with Crippen LogP contribution >= 0.6 is 0 Å². The maximum Gasteiger partial charge on any atom is 0.237 e. The number of amides is 1. The number of rotatable bonds is 10. The predicted molar refractivity (Wildman–Crippen MR) is 85.3 cm³/mol. The number of ether oxygens (including phenoxy) is 1. The van der Waals surface area contributed by atoms with E-state index in [1.165, 1.54) is 6.42 Å². The van der Waals surface area contributed by atoms with Gasteiger partial charge in [0.05, 0.1) is 6.04 Å². The molecule has 1 aliphatic heterocycles. The molecule has 21 heavy (non-hydrogen) atoms. The van der Waals surface area contributed by atoms with Gasteiger partial charge in [0.2, 0.25) is 5.91 Å². The minimum absolute atomic E-state index is 0.0428. The molecule has 0 aromatic carbocycles. The van der Waals surface area contributed by atoms with Crippen LogP contribution in [-0.4, -0.2) is 81.3 Å². The summed E-state index contributed by atoms with van der Waals surface area (Å²) in [5.41, 5.74) is 5.52. The van der Waals surface area contributed by atoms with Crippen LogP contribution in [0.5, 0.6) is 0 Å². The lowest BCUT2D eigenvalue weighted by Gasteiger charge is -2.37. The number of unbranched alkanes of at least 4 members (excludes halogenated alkanes) is 1. The Bertz CT molecular complexity index is 281. The van der Waals surface area contributed by atoms with Gasteiger partial charge in [0.15, 0.2) is 0 Å². The van der Waals surface area contributed by atoms with Gasteiger partial charge in [0.25, 0.3) is 0 Å². The van der Waals surface area contributed by atoms with Crippen molar-refractivity contribution in [3.05, 3.63) is 0 Å². The summed E-state index contributed by atoms with van der Waals surface area (Å²) in [5.74, 6) is 0.127. The summed E-state index contributed by atoms with van der Waals surface area (Å²) in [5, 5.41) is 2.98. The van der Waals surface area contributed by atoms with Crippen molar-refractivity contribution in [2.24, 2.45) is 5.73 Å². The molecule has 1 atom stereocenters. The summed E-state index contributed by atoms with van der Waals surface area (Å²) in [7, 11) is 1.68. The van der Waals surface area contributed by atoms with Gasteiger partial charge in [0, 0.05) is 46.4 Å². The number of carbonyl (C=O) groups is 1. The van der Waals surface area contributed by atoms with Crippen LogP contribution in [0.2, 0.25) is 0 Å². The maximum absolute atomic E-state index is 12.1. The summed E-state index contributed by atoms with van der Waals surface area (Å²) in [6.07, 6.45) is 3.14. The number of nitrogens with zero attached hydrogens (tertiary/aromatic N) is 2. The molecule has 0 bridgehead atoms. The first-order valence-electron chi connectivity index (χ1n) is 8.12. The van der Waals surface area contributed by atoms with E-state index in [9.17, 15) is 4.79 Å². The van der Waals surface area contributed by atoms with Crippen LogP contribution < -0.4 is 11.1 Å². The monoisotopic (exact) mass is 300 g/mol. The summed E-state index contributed by atoms with van der Waals surface area (Å²) in [6.45, 7) is 9.31. The van der Waals surface area contributed by atoms with Gasteiger partial charge in [-0.1, -0.05) is 0 Å². The Morgan fingerprint density at radius 2 is 1.95 bits per heavy atom. The van der Waals surface area contributed by atoms with Gasteiger partial charge in [-0.15, -0.1) is 0 Å². The van der Waals surface area contributed by atoms with Crippen LogP contribution in [0.3, 0.4) is 0 Å². The Balaban J connectivity index is 2.18. The quantitative estimate of drug-likeness (QED) is 0.551. The van der Waals surface area contributed by atoms with Crippen LogP contribution in [0, 0.1) is 0 Å². The van der Waals surface area contributed by atoms with E-state index in [0.29, 0.717) is 13.2 Å². The molecule has 1 fully saturated rings. The Hall–Kier alpha value is -0.690. The average Bonchev–Trinajstić information content (AvgIpc) is 2.51. The molecule has 1 amide bonds. The summed E-state index contributed by atoms with van der Waals surface area (Å²) in [4.78, 5) is 16.8. The average molecular weight is 300 g/mol. The van der Waals surface area contributed by atoms with Crippen molar-refractivity contribution in [1.82, 2.24) is 15.1 Å². The molecule has 1 unspecified atom stereocenters. The molecule has 1 heterocycles. The summed E-state index contributed by atoms with van der Waals surface area (Å²) >= 11 is 0. The van der Waals surface area contributed by atoms with E-state index in [4.69, 9.17) is 10.5 Å². The highest BCUT2D eigenvalue weighted by molar-refractivity contribution is 5.81. The van der Waals surface area contributed by atoms with Crippen molar-refractivity contribution in [3.63, 3.8) is 0 Å². The van der Waals surface area contributed by atoms with Crippen molar-refractivity contribution in [2.75, 3.05) is 59.5 Å². The first kappa shape index (κ1) is 18.4. The van der Waals surface area contributed by atoms with E-state index in [2.05, 4.69) is 15.1 Å². The normalized spacial score (nSPS) is 18.6. The molecule has 0 radical (unpaired) electrons. The first-order valence-corrected chi connectivity index (χ1v) is 8.12. The molecule has 0 aliphatic carbocycles. The molecule has 0 aromatic heterocycles. The molecule has 1 saturated heterocycles. The molecular weight excluding hydrogens is 268 g/mol. The van der Waals surface area contributed by atoms with Crippen LogP contribution in [0.1, 0.15) is 26.2 Å². The first-order chi connectivity index (χ1) is 10.2. The van der Waals surface area contributed by atoms with Crippen molar-refractivity contribution < 1.29 is 9.53 Å². The van der Waals surface area contributed by atoms with Crippen molar-refractivity contribution in [3.8, 4) is 0 Å². The second-order valence-corrected chi connectivity index (χ2v) is 5.69. The fourth-order valence-corrected chi connectivity index (χ4v) is 2.60. The second kappa shape index (κ2) is 11.0. The van der Waals surface area contributed by atoms with E-state index in [1.807, 2.05) is 6.92 Å². The van der Waals surface area contributed by atoms with Crippen LogP contribution in [0.4, 0.5) is 0 Å². The molecule has 0 aromatic rings. The van der Waals surface area contributed by atoms with Gasteiger partial charge >= 0.3 is 0 Å². The van der Waals surface area contributed by atoms with Crippen molar-refractivity contribution in [1.29, 1.82) is 0 Å². The topological polar surface area (TPSA) is 70.8 Å². The third-order valence-corrected chi connectivity index (χ3v) is 4.09. The van der Waals surface area contributed by atoms with Crippen LogP contribution in [0.15, 0.2) is 0 Å². The largest absolute Gasteiger partial charge is 0.385 e. The molecule has 1 rings (SSSR count). The smallest absolute Gasteiger partial charge is 0.237 e. The highest BCUT2D eigenvalue weighted by Gasteiger charge is 2.24. The molecular formula is C15H32N4O2. The van der Waals surface area contributed by atoms with Gasteiger partial charge in [-0.05, 0) is 39.3 Å². The second-order valence-electron chi connectivity index (χ2n) is 5.69. The van der Waals surface area contributed by atoms with Gasteiger partial charge in [-0.2, -0.15) is 0 Å². The predicted octanol–water partition coefficient (Wildman–Crippen LogP) is -0.116. The van der Waals surface area contributed by atoms with Crippen molar-refractivity contribution >= 4 is 5.91 Å². The van der Waals surface area contributed by atoms with Gasteiger partial charge in [-0.3, -0.25) is 9.69 Å². The summed E-state index contributed by atoms with van der Waals surface area (Å²) < 4.78 is 4.98. The SMILES string of the molecule is COCCCNC(=O)C(C)N1CCN(CCCCN)CC1. The van der Waals surface area contributed by atoms with Gasteiger partial charge < -0.3 is 20.7 Å². The Morgan fingerprint density at radius 1 is 1.24 bits per heavy atom. The maximum atomic E-state index is 12.1. The number of piperazine rings is 1. The molecule has 3 N–H and O–H groups in total. The van der Waals surface area contributed by atoms with Gasteiger partial charge in [-0.25, -0.2) is 0 Å². The van der Waals surface area contributed by atoms with E-state index in [-0.39, 0.29) is 11.9 Å². The number of hydrogen-bond acceptors (Lipinski definition) is 5. The molecule has 6 heteroatoms. The lowest BCUT2D eigenvalue weighted by molar-refractivity contribution is -0.126.